The molecule has 0 N–H and O–H groups in total. The van der Waals surface area contributed by atoms with Gasteiger partial charge in [0.05, 0.1) is 36.9 Å². The summed E-state index contributed by atoms with van der Waals surface area (Å²) in [7, 11) is 1.55. The number of nitrogens with zero attached hydrogens (tertiary/aromatic N) is 2. The third-order valence-electron chi connectivity index (χ3n) is 5.48. The molecule has 0 aliphatic carbocycles. The third kappa shape index (κ3) is 6.29. The minimum absolute atomic E-state index is 0.0817. The first-order valence-corrected chi connectivity index (χ1v) is 11.0. The van der Waals surface area contributed by atoms with Crippen molar-refractivity contribution >= 4 is 22.8 Å². The minimum atomic E-state index is -0.250. The molecule has 0 saturated carbocycles. The Bertz CT molecular complexity index is 1160. The van der Waals surface area contributed by atoms with Crippen LogP contribution in [0, 0.1) is 6.92 Å². The summed E-state index contributed by atoms with van der Waals surface area (Å²) in [6.07, 6.45) is 1.72. The molecule has 33 heavy (non-hydrogen) atoms. The summed E-state index contributed by atoms with van der Waals surface area (Å²) < 4.78 is 10.8. The monoisotopic (exact) mass is 450 g/mol. The van der Waals surface area contributed by atoms with Crippen LogP contribution in [0.2, 0.25) is 0 Å². The normalized spacial score (nSPS) is 10.9. The lowest BCUT2D eigenvalue weighted by Crippen LogP contribution is -2.44. The molecule has 0 aliphatic rings. The molecule has 0 bridgehead atoms. The number of hydrogen-bond donors (Lipinski definition) is 0. The SMILES string of the molecule is CCC(=O)N(CCOC)CC(=O)N(Cc1ccccc1)Cc1coc2ccc(C)cc2c1=O. The second-order valence-corrected chi connectivity index (χ2v) is 7.99. The van der Waals surface area contributed by atoms with Gasteiger partial charge in [-0.15, -0.1) is 0 Å². The van der Waals surface area contributed by atoms with Gasteiger partial charge in [-0.2, -0.15) is 0 Å². The molecule has 2 aromatic carbocycles. The van der Waals surface area contributed by atoms with Crippen molar-refractivity contribution in [3.63, 3.8) is 0 Å². The van der Waals surface area contributed by atoms with Gasteiger partial charge in [0, 0.05) is 26.6 Å². The molecule has 0 atom stereocenters. The van der Waals surface area contributed by atoms with Crippen molar-refractivity contribution < 1.29 is 18.7 Å². The van der Waals surface area contributed by atoms with Crippen molar-refractivity contribution in [3.05, 3.63) is 81.7 Å². The van der Waals surface area contributed by atoms with Gasteiger partial charge in [-0.3, -0.25) is 14.4 Å². The van der Waals surface area contributed by atoms with Crippen molar-refractivity contribution in [2.75, 3.05) is 26.8 Å². The van der Waals surface area contributed by atoms with Gasteiger partial charge in [0.1, 0.15) is 5.58 Å². The molecule has 2 amide bonds. The maximum atomic E-state index is 13.3. The van der Waals surface area contributed by atoms with Gasteiger partial charge in [-0.05, 0) is 24.6 Å². The Morgan fingerprint density at radius 3 is 2.45 bits per heavy atom. The molecule has 0 radical (unpaired) electrons. The fourth-order valence-corrected chi connectivity index (χ4v) is 3.62. The average molecular weight is 451 g/mol. The molecule has 0 saturated heterocycles. The molecular formula is C26H30N2O5. The number of carbonyl (C=O) groups excluding carboxylic acids is 2. The second kappa shape index (κ2) is 11.4. The fourth-order valence-electron chi connectivity index (χ4n) is 3.62. The van der Waals surface area contributed by atoms with Gasteiger partial charge in [0.25, 0.3) is 0 Å². The first kappa shape index (κ1) is 24.2. The second-order valence-electron chi connectivity index (χ2n) is 7.99. The fraction of sp³-hybridized carbons (Fsp3) is 0.346. The Morgan fingerprint density at radius 1 is 1.00 bits per heavy atom. The van der Waals surface area contributed by atoms with Crippen LogP contribution in [0.25, 0.3) is 11.0 Å². The third-order valence-corrected chi connectivity index (χ3v) is 5.48. The zero-order chi connectivity index (χ0) is 23.8. The summed E-state index contributed by atoms with van der Waals surface area (Å²) >= 11 is 0. The van der Waals surface area contributed by atoms with E-state index in [1.165, 1.54) is 11.2 Å². The van der Waals surface area contributed by atoms with Crippen molar-refractivity contribution in [2.24, 2.45) is 0 Å². The summed E-state index contributed by atoms with van der Waals surface area (Å²) in [5, 5.41) is 0.488. The standard InChI is InChI=1S/C26H30N2O5/c1-4-24(29)27(12-13-32-3)17-25(30)28(15-20-8-6-5-7-9-20)16-21-18-33-23-11-10-19(2)14-22(23)26(21)31/h5-11,14,18H,4,12-13,15-17H2,1-3H3. The molecule has 0 fully saturated rings. The van der Waals surface area contributed by atoms with Crippen molar-refractivity contribution in [1.82, 2.24) is 9.80 Å². The van der Waals surface area contributed by atoms with Crippen molar-refractivity contribution in [3.8, 4) is 0 Å². The van der Waals surface area contributed by atoms with Gasteiger partial charge in [0.2, 0.25) is 11.8 Å². The van der Waals surface area contributed by atoms with E-state index in [9.17, 15) is 14.4 Å². The number of hydrogen-bond acceptors (Lipinski definition) is 5. The van der Waals surface area contributed by atoms with Crippen molar-refractivity contribution in [2.45, 2.75) is 33.4 Å². The number of benzene rings is 2. The summed E-state index contributed by atoms with van der Waals surface area (Å²) in [5.74, 6) is -0.374. The first-order valence-electron chi connectivity index (χ1n) is 11.0. The van der Waals surface area contributed by atoms with Crippen molar-refractivity contribution in [1.29, 1.82) is 0 Å². The van der Waals surface area contributed by atoms with E-state index in [4.69, 9.17) is 9.15 Å². The van der Waals surface area contributed by atoms with E-state index >= 15 is 0 Å². The van der Waals surface area contributed by atoms with Crippen LogP contribution in [0.1, 0.15) is 30.0 Å². The average Bonchev–Trinajstić information content (AvgIpc) is 2.83. The maximum Gasteiger partial charge on any atom is 0.242 e. The van der Waals surface area contributed by atoms with Gasteiger partial charge >= 0.3 is 0 Å². The number of rotatable bonds is 10. The Kier molecular flexibility index (Phi) is 8.38. The highest BCUT2D eigenvalue weighted by atomic mass is 16.5. The summed E-state index contributed by atoms with van der Waals surface area (Å²) in [4.78, 5) is 41.9. The lowest BCUT2D eigenvalue weighted by atomic mass is 10.1. The largest absolute Gasteiger partial charge is 0.464 e. The lowest BCUT2D eigenvalue weighted by molar-refractivity contribution is -0.141. The zero-order valence-corrected chi connectivity index (χ0v) is 19.4. The number of amides is 2. The predicted octanol–water partition coefficient (Wildman–Crippen LogP) is 3.52. The van der Waals surface area contributed by atoms with E-state index in [0.29, 0.717) is 42.6 Å². The number of fused-ring (bicyclic) bond motifs is 1. The van der Waals surface area contributed by atoms with E-state index in [1.54, 1.807) is 31.1 Å². The molecule has 0 spiro atoms. The van der Waals surface area contributed by atoms with Gasteiger partial charge in [0.15, 0.2) is 5.43 Å². The van der Waals surface area contributed by atoms with Crippen LogP contribution in [0.4, 0.5) is 0 Å². The summed E-state index contributed by atoms with van der Waals surface area (Å²) in [5.41, 5.74) is 2.62. The topological polar surface area (TPSA) is 80.1 Å². The van der Waals surface area contributed by atoms with E-state index in [2.05, 4.69) is 0 Å². The number of carbonyl (C=O) groups is 2. The van der Waals surface area contributed by atoms with Crippen LogP contribution in [0.15, 0.2) is 64.0 Å². The van der Waals surface area contributed by atoms with Gasteiger partial charge in [-0.25, -0.2) is 0 Å². The van der Waals surface area contributed by atoms with E-state index < -0.39 is 0 Å². The van der Waals surface area contributed by atoms with Crippen LogP contribution in [-0.4, -0.2) is 48.4 Å². The quantitative estimate of drug-likeness (QED) is 0.472. The predicted molar refractivity (Wildman–Crippen MR) is 127 cm³/mol. The number of methoxy groups -OCH3 is 1. The van der Waals surface area contributed by atoms with Gasteiger partial charge < -0.3 is 19.0 Å². The Hall–Kier alpha value is -3.45. The lowest BCUT2D eigenvalue weighted by Gasteiger charge is -2.27. The molecule has 3 rings (SSSR count). The van der Waals surface area contributed by atoms with Crippen LogP contribution in [-0.2, 0) is 27.4 Å². The van der Waals surface area contributed by atoms with Gasteiger partial charge in [-0.1, -0.05) is 48.9 Å². The highest BCUT2D eigenvalue weighted by Gasteiger charge is 2.22. The van der Waals surface area contributed by atoms with E-state index in [-0.39, 0.29) is 30.3 Å². The number of aryl methyl sites for hydroxylation is 1. The Morgan fingerprint density at radius 2 is 1.76 bits per heavy atom. The molecule has 1 aromatic heterocycles. The summed E-state index contributed by atoms with van der Waals surface area (Å²) in [6, 6.07) is 15.0. The molecule has 0 unspecified atom stereocenters. The van der Waals surface area contributed by atoms with Crippen LogP contribution in [0.3, 0.4) is 0 Å². The highest BCUT2D eigenvalue weighted by Crippen LogP contribution is 2.16. The molecule has 0 aliphatic heterocycles. The van der Waals surface area contributed by atoms with Crippen LogP contribution >= 0.6 is 0 Å². The zero-order valence-electron chi connectivity index (χ0n) is 19.4. The first-order chi connectivity index (χ1) is 15.9. The maximum absolute atomic E-state index is 13.3. The number of ether oxygens (including phenoxy) is 1. The molecule has 1 heterocycles. The van der Waals surface area contributed by atoms with E-state index in [1.807, 2.05) is 43.3 Å². The molecular weight excluding hydrogens is 420 g/mol. The minimum Gasteiger partial charge on any atom is -0.464 e. The van der Waals surface area contributed by atoms with E-state index in [0.717, 1.165) is 11.1 Å². The molecule has 7 heteroatoms. The Balaban J connectivity index is 1.90. The molecule has 174 valence electrons. The van der Waals surface area contributed by atoms with Crippen LogP contribution < -0.4 is 5.43 Å². The highest BCUT2D eigenvalue weighted by molar-refractivity contribution is 5.85. The molecule has 3 aromatic rings. The molecule has 7 nitrogen and oxygen atoms in total. The smallest absolute Gasteiger partial charge is 0.242 e. The van der Waals surface area contributed by atoms with Crippen LogP contribution in [0.5, 0.6) is 0 Å². The summed E-state index contributed by atoms with van der Waals surface area (Å²) in [6.45, 7) is 4.65. The Labute approximate surface area is 193 Å².